The Morgan fingerprint density at radius 3 is 2.08 bits per heavy atom. The maximum Gasteiger partial charge on any atom is 0.225 e. The number of aliphatic hydroxyl groups is 3. The molecule has 0 spiro atoms. The van der Waals surface area contributed by atoms with Crippen LogP contribution in [0.5, 0.6) is 0 Å². The molecule has 2 aromatic rings. The zero-order valence-corrected chi connectivity index (χ0v) is 24.7. The molecule has 4 unspecified atom stereocenters. The molecular weight excluding hydrogens is 498 g/mol. The molecule has 39 heavy (non-hydrogen) atoms. The average molecular weight is 548 g/mol. The number of hydrogen-bond donors (Lipinski definition) is 4. The quantitative estimate of drug-likeness (QED) is 0.236. The van der Waals surface area contributed by atoms with Crippen LogP contribution in [0.1, 0.15) is 112 Å². The van der Waals surface area contributed by atoms with E-state index in [2.05, 4.69) is 34.1 Å². The van der Waals surface area contributed by atoms with Crippen molar-refractivity contribution < 1.29 is 24.9 Å². The Bertz CT molecular complexity index is 1100. The van der Waals surface area contributed by atoms with Crippen molar-refractivity contribution >= 4 is 22.9 Å². The molecule has 0 bridgehead atoms. The fourth-order valence-electron chi connectivity index (χ4n) is 5.58. The minimum absolute atomic E-state index is 0.138. The predicted molar refractivity (Wildman–Crippen MR) is 151 cm³/mol. The van der Waals surface area contributed by atoms with Crippen molar-refractivity contribution in [3.63, 3.8) is 0 Å². The van der Waals surface area contributed by atoms with Gasteiger partial charge in [-0.3, -0.25) is 9.36 Å². The molecule has 0 radical (unpaired) electrons. The number of carbonyl (C=O) groups excluding carboxylic acids is 1. The first-order chi connectivity index (χ1) is 18.3. The second kappa shape index (κ2) is 12.6. The molecule has 0 saturated carbocycles. The number of anilines is 1. The van der Waals surface area contributed by atoms with Crippen LogP contribution in [0.25, 0.3) is 11.2 Å². The number of fused-ring (bicyclic) bond motifs is 1. The normalized spacial score (nSPS) is 29.0. The molecule has 3 heterocycles. The molecule has 10 nitrogen and oxygen atoms in total. The number of hydrogen-bond acceptors (Lipinski definition) is 8. The summed E-state index contributed by atoms with van der Waals surface area (Å²) in [6, 6.07) is 0. The summed E-state index contributed by atoms with van der Waals surface area (Å²) in [4.78, 5) is 25.6. The van der Waals surface area contributed by atoms with Gasteiger partial charge in [0.2, 0.25) is 5.91 Å². The minimum Gasteiger partial charge on any atom is -0.393 e. The number of ether oxygens (including phenoxy) is 1. The Kier molecular flexibility index (Phi) is 10.1. The van der Waals surface area contributed by atoms with E-state index < -0.39 is 29.1 Å². The minimum atomic E-state index is -1.83. The van der Waals surface area contributed by atoms with Crippen molar-refractivity contribution in [3.05, 3.63) is 12.7 Å². The monoisotopic (exact) mass is 547 g/mol. The zero-order valence-electron chi connectivity index (χ0n) is 24.7. The maximum atomic E-state index is 12.6. The maximum absolute atomic E-state index is 12.6. The molecular formula is C29H49N5O5. The fourth-order valence-corrected chi connectivity index (χ4v) is 5.58. The van der Waals surface area contributed by atoms with Crippen molar-refractivity contribution in [2.45, 2.75) is 135 Å². The Labute approximate surface area is 232 Å². The number of rotatable bonds is 15. The van der Waals surface area contributed by atoms with Crippen molar-refractivity contribution in [3.8, 4) is 0 Å². The topological polar surface area (TPSA) is 143 Å². The number of amides is 1. The van der Waals surface area contributed by atoms with E-state index in [-0.39, 0.29) is 11.7 Å². The second-order valence-electron chi connectivity index (χ2n) is 12.3. The van der Waals surface area contributed by atoms with Gasteiger partial charge in [-0.05, 0) is 40.0 Å². The van der Waals surface area contributed by atoms with Gasteiger partial charge in [0.05, 0.1) is 12.9 Å². The van der Waals surface area contributed by atoms with Gasteiger partial charge in [-0.2, -0.15) is 0 Å². The third-order valence-corrected chi connectivity index (χ3v) is 8.84. The van der Waals surface area contributed by atoms with Gasteiger partial charge in [-0.15, -0.1) is 0 Å². The van der Waals surface area contributed by atoms with E-state index in [9.17, 15) is 20.1 Å². The number of nitrogens with zero attached hydrogens (tertiary/aromatic N) is 4. The lowest BCUT2D eigenvalue weighted by Crippen LogP contribution is -2.63. The highest BCUT2D eigenvalue weighted by atomic mass is 16.6. The first-order valence-corrected chi connectivity index (χ1v) is 14.5. The smallest absolute Gasteiger partial charge is 0.225 e. The van der Waals surface area contributed by atoms with Gasteiger partial charge in [0.15, 0.2) is 22.7 Å². The summed E-state index contributed by atoms with van der Waals surface area (Å²) in [5.74, 6) is 0.940. The standard InChI is InChI=1S/C29H49N5O5/c1-21(2)16-14-12-10-8-7-9-11-13-15-17-22(36)33-24-23-25(31-19-30-24)34(20-32-23)29(6)28(5,38)27(4,37)26(3,18-35)39-29/h19-21,35,37-38H,7-18H2,1-6H3,(H,30,31,33,36). The van der Waals surface area contributed by atoms with Crippen LogP contribution in [0.3, 0.4) is 0 Å². The Morgan fingerprint density at radius 1 is 0.923 bits per heavy atom. The van der Waals surface area contributed by atoms with Crippen LogP contribution in [-0.4, -0.2) is 64.2 Å². The van der Waals surface area contributed by atoms with Crippen LogP contribution in [-0.2, 0) is 15.3 Å². The van der Waals surface area contributed by atoms with Crippen LogP contribution >= 0.6 is 0 Å². The lowest BCUT2D eigenvalue weighted by atomic mass is 9.73. The number of nitrogens with one attached hydrogen (secondary N) is 1. The van der Waals surface area contributed by atoms with Crippen LogP contribution in [0, 0.1) is 5.92 Å². The third-order valence-electron chi connectivity index (χ3n) is 8.84. The summed E-state index contributed by atoms with van der Waals surface area (Å²) in [7, 11) is 0. The molecule has 0 aliphatic carbocycles. The molecule has 1 aliphatic heterocycles. The van der Waals surface area contributed by atoms with Crippen LogP contribution in [0.2, 0.25) is 0 Å². The second-order valence-corrected chi connectivity index (χ2v) is 12.3. The molecule has 1 fully saturated rings. The highest BCUT2D eigenvalue weighted by molar-refractivity contribution is 5.96. The number of unbranched alkanes of at least 4 members (excludes halogenated alkanes) is 8. The zero-order chi connectivity index (χ0) is 28.9. The summed E-state index contributed by atoms with van der Waals surface area (Å²) in [5.41, 5.74) is -5.92. The molecule has 4 N–H and O–H groups in total. The highest BCUT2D eigenvalue weighted by Gasteiger charge is 2.72. The highest BCUT2D eigenvalue weighted by Crippen LogP contribution is 2.54. The molecule has 4 atom stereocenters. The predicted octanol–water partition coefficient (Wildman–Crippen LogP) is 4.67. The Hall–Kier alpha value is -2.14. The van der Waals surface area contributed by atoms with Crippen molar-refractivity contribution in [1.82, 2.24) is 19.5 Å². The SMILES string of the molecule is CC(C)CCCCCCCCCCCC(=O)Nc1ncnc2c1ncn2C1(C)OC(C)(CO)C(C)(O)C1(C)O. The van der Waals surface area contributed by atoms with Gasteiger partial charge < -0.3 is 25.4 Å². The largest absolute Gasteiger partial charge is 0.393 e. The molecule has 2 aromatic heterocycles. The molecule has 0 aromatic carbocycles. The van der Waals surface area contributed by atoms with Crippen LogP contribution in [0.15, 0.2) is 12.7 Å². The summed E-state index contributed by atoms with van der Waals surface area (Å²) in [5, 5.41) is 35.4. The molecule has 1 saturated heterocycles. The first-order valence-electron chi connectivity index (χ1n) is 14.5. The Morgan fingerprint density at radius 2 is 1.51 bits per heavy atom. The Balaban J connectivity index is 1.54. The molecule has 220 valence electrons. The molecule has 1 amide bonds. The van der Waals surface area contributed by atoms with Gasteiger partial charge >= 0.3 is 0 Å². The number of aliphatic hydroxyl groups excluding tert-OH is 1. The summed E-state index contributed by atoms with van der Waals surface area (Å²) < 4.78 is 7.65. The van der Waals surface area contributed by atoms with E-state index >= 15 is 0 Å². The van der Waals surface area contributed by atoms with Gasteiger partial charge in [-0.1, -0.05) is 71.6 Å². The average Bonchev–Trinajstić information content (AvgIpc) is 3.36. The van der Waals surface area contributed by atoms with E-state index in [0.29, 0.717) is 17.6 Å². The molecule has 3 rings (SSSR count). The van der Waals surface area contributed by atoms with Gasteiger partial charge in [0, 0.05) is 6.42 Å². The van der Waals surface area contributed by atoms with Crippen molar-refractivity contribution in [2.24, 2.45) is 5.92 Å². The van der Waals surface area contributed by atoms with Gasteiger partial charge in [-0.25, -0.2) is 15.0 Å². The summed E-state index contributed by atoms with van der Waals surface area (Å²) >= 11 is 0. The molecule has 10 heteroatoms. The van der Waals surface area contributed by atoms with Crippen molar-refractivity contribution in [2.75, 3.05) is 11.9 Å². The lowest BCUT2D eigenvalue weighted by Gasteiger charge is -2.42. The van der Waals surface area contributed by atoms with E-state index in [1.54, 1.807) is 13.8 Å². The van der Waals surface area contributed by atoms with E-state index in [1.165, 1.54) is 76.0 Å². The number of imidazole rings is 1. The molecule has 1 aliphatic rings. The van der Waals surface area contributed by atoms with Crippen LogP contribution in [0.4, 0.5) is 5.82 Å². The van der Waals surface area contributed by atoms with Crippen LogP contribution < -0.4 is 5.32 Å². The summed E-state index contributed by atoms with van der Waals surface area (Å²) in [6.07, 6.45) is 15.2. The lowest BCUT2D eigenvalue weighted by molar-refractivity contribution is -0.192. The van der Waals surface area contributed by atoms with E-state index in [1.807, 2.05) is 0 Å². The van der Waals surface area contributed by atoms with Crippen molar-refractivity contribution in [1.29, 1.82) is 0 Å². The van der Waals surface area contributed by atoms with E-state index in [0.717, 1.165) is 25.2 Å². The summed E-state index contributed by atoms with van der Waals surface area (Å²) in [6.45, 7) is 10.1. The van der Waals surface area contributed by atoms with Gasteiger partial charge in [0.1, 0.15) is 23.1 Å². The van der Waals surface area contributed by atoms with E-state index in [4.69, 9.17) is 4.74 Å². The first kappa shape index (κ1) is 31.4. The number of aromatic nitrogens is 4. The number of carbonyl (C=O) groups is 1. The third kappa shape index (κ3) is 6.29. The fraction of sp³-hybridized carbons (Fsp3) is 0.793. The van der Waals surface area contributed by atoms with Gasteiger partial charge in [0.25, 0.3) is 0 Å².